The van der Waals surface area contributed by atoms with Crippen LogP contribution in [0.1, 0.15) is 31.7 Å². The van der Waals surface area contributed by atoms with Crippen LogP contribution in [-0.2, 0) is 6.42 Å². The van der Waals surface area contributed by atoms with Crippen LogP contribution in [-0.4, -0.2) is 11.8 Å². The number of aryl methyl sites for hydroxylation is 1. The molecule has 0 spiro atoms. The molecule has 0 atom stereocenters. The number of fused-ring (bicyclic) bond motifs is 5. The van der Waals surface area contributed by atoms with E-state index in [1.807, 2.05) is 0 Å². The molecule has 0 unspecified atom stereocenters. The van der Waals surface area contributed by atoms with Crippen LogP contribution in [0.5, 0.6) is 0 Å². The SMILES string of the molecule is CCCCCc1cc(-c2ccc(N(c3ccccc3)c3ccccc3)cc2Nc2ccccc2)c2c(c1)-n1c3ccccc3c3cccc(c31)[B]2. The molecule has 1 radical (unpaired) electrons. The summed E-state index contributed by atoms with van der Waals surface area (Å²) in [6.45, 7) is 2.28. The van der Waals surface area contributed by atoms with Gasteiger partial charge in [-0.15, -0.1) is 0 Å². The van der Waals surface area contributed by atoms with Crippen LogP contribution in [0.25, 0.3) is 38.6 Å². The highest BCUT2D eigenvalue weighted by Crippen LogP contribution is 2.41. The molecule has 1 N–H and O–H groups in total. The third-order valence-corrected chi connectivity index (χ3v) is 10.2. The zero-order valence-corrected chi connectivity index (χ0v) is 28.9. The lowest BCUT2D eigenvalue weighted by atomic mass is 9.59. The summed E-state index contributed by atoms with van der Waals surface area (Å²) in [5.41, 5.74) is 15.6. The Labute approximate surface area is 301 Å². The molecule has 0 saturated heterocycles. The van der Waals surface area contributed by atoms with Crippen LogP contribution in [0.4, 0.5) is 28.4 Å². The molecule has 9 rings (SSSR count). The average Bonchev–Trinajstić information content (AvgIpc) is 3.52. The summed E-state index contributed by atoms with van der Waals surface area (Å²) < 4.78 is 2.52. The van der Waals surface area contributed by atoms with Gasteiger partial charge in [-0.05, 0) is 90.1 Å². The summed E-state index contributed by atoms with van der Waals surface area (Å²) in [6.07, 6.45) is 4.65. The van der Waals surface area contributed by atoms with E-state index in [2.05, 4.69) is 193 Å². The molecule has 0 aliphatic carbocycles. The van der Waals surface area contributed by atoms with Gasteiger partial charge < -0.3 is 14.8 Å². The molecule has 0 saturated carbocycles. The number of para-hydroxylation sites is 5. The minimum absolute atomic E-state index is 1.05. The van der Waals surface area contributed by atoms with Crippen molar-refractivity contribution in [2.24, 2.45) is 0 Å². The van der Waals surface area contributed by atoms with Gasteiger partial charge >= 0.3 is 0 Å². The Morgan fingerprint density at radius 1 is 0.588 bits per heavy atom. The summed E-state index contributed by atoms with van der Waals surface area (Å²) in [7, 11) is 2.42. The average molecular weight is 657 g/mol. The van der Waals surface area contributed by atoms with Crippen molar-refractivity contribution in [3.8, 4) is 16.8 Å². The summed E-state index contributed by atoms with van der Waals surface area (Å²) in [6, 6.07) is 59.3. The number of aromatic nitrogens is 1. The molecular weight excluding hydrogens is 617 g/mol. The van der Waals surface area contributed by atoms with Crippen molar-refractivity contribution in [2.45, 2.75) is 32.6 Å². The van der Waals surface area contributed by atoms with Gasteiger partial charge in [-0.2, -0.15) is 0 Å². The molecule has 0 bridgehead atoms. The van der Waals surface area contributed by atoms with Gasteiger partial charge in [-0.1, -0.05) is 128 Å². The second-order valence-electron chi connectivity index (χ2n) is 13.5. The van der Waals surface area contributed by atoms with Gasteiger partial charge in [0.1, 0.15) is 0 Å². The largest absolute Gasteiger partial charge is 0.355 e. The van der Waals surface area contributed by atoms with E-state index in [1.54, 1.807) is 0 Å². The Morgan fingerprint density at radius 3 is 2.02 bits per heavy atom. The van der Waals surface area contributed by atoms with Crippen LogP contribution < -0.4 is 21.1 Å². The number of unbranched alkanes of at least 4 members (excludes halogenated alkanes) is 2. The van der Waals surface area contributed by atoms with Crippen LogP contribution in [0.15, 0.2) is 164 Å². The molecule has 0 amide bonds. The fraction of sp³-hybridized carbons (Fsp3) is 0.106. The van der Waals surface area contributed by atoms with Crippen molar-refractivity contribution < 1.29 is 0 Å². The van der Waals surface area contributed by atoms with E-state index >= 15 is 0 Å². The van der Waals surface area contributed by atoms with Crippen LogP contribution >= 0.6 is 0 Å². The molecule has 1 aliphatic rings. The smallest absolute Gasteiger partial charge is 0.197 e. The van der Waals surface area contributed by atoms with Gasteiger partial charge in [0.25, 0.3) is 0 Å². The number of hydrogen-bond acceptors (Lipinski definition) is 2. The molecule has 4 heteroatoms. The van der Waals surface area contributed by atoms with Crippen molar-refractivity contribution >= 4 is 68.4 Å². The molecule has 7 aromatic carbocycles. The molecule has 2 heterocycles. The van der Waals surface area contributed by atoms with Crippen molar-refractivity contribution in [2.75, 3.05) is 10.2 Å². The summed E-state index contributed by atoms with van der Waals surface area (Å²) in [4.78, 5) is 2.33. The van der Waals surface area contributed by atoms with Crippen molar-refractivity contribution in [1.82, 2.24) is 4.57 Å². The first-order valence-electron chi connectivity index (χ1n) is 18.2. The second-order valence-corrected chi connectivity index (χ2v) is 13.5. The number of anilines is 5. The topological polar surface area (TPSA) is 20.2 Å². The first kappa shape index (κ1) is 31.0. The van der Waals surface area contributed by atoms with Gasteiger partial charge in [0.2, 0.25) is 0 Å². The fourth-order valence-electron chi connectivity index (χ4n) is 7.83. The van der Waals surface area contributed by atoms with Gasteiger partial charge in [-0.3, -0.25) is 0 Å². The first-order chi connectivity index (χ1) is 25.3. The number of hydrogen-bond donors (Lipinski definition) is 1. The Balaban J connectivity index is 1.28. The lowest BCUT2D eigenvalue weighted by molar-refractivity contribution is 0.717. The standard InChI is InChI=1S/C47H39BN3/c1-2-3-7-17-33-30-41(46-45(31-33)51-44-27-15-14-24-39(44)40-25-16-26-42(48-46)47(40)51)38-29-28-37(32-43(38)49-34-18-8-4-9-19-34)50(35-20-10-5-11-21-35)36-22-12-6-13-23-36/h4-6,8-16,18-32,49H,2-3,7,17H2,1H3. The van der Waals surface area contributed by atoms with Crippen molar-refractivity contribution in [3.05, 3.63) is 169 Å². The van der Waals surface area contributed by atoms with Gasteiger partial charge in [0.05, 0.1) is 5.52 Å². The highest BCUT2D eigenvalue weighted by atomic mass is 15.1. The zero-order chi connectivity index (χ0) is 34.1. The molecule has 1 aliphatic heterocycles. The van der Waals surface area contributed by atoms with E-state index in [4.69, 9.17) is 0 Å². The molecule has 1 aromatic heterocycles. The number of nitrogens with zero attached hydrogens (tertiary/aromatic N) is 2. The molecule has 8 aromatic rings. The predicted octanol–water partition coefficient (Wildman–Crippen LogP) is 11.4. The lowest BCUT2D eigenvalue weighted by Crippen LogP contribution is -2.37. The Morgan fingerprint density at radius 2 is 1.27 bits per heavy atom. The monoisotopic (exact) mass is 656 g/mol. The molecular formula is C47H39BN3. The molecule has 3 nitrogen and oxygen atoms in total. The third-order valence-electron chi connectivity index (χ3n) is 10.2. The van der Waals surface area contributed by atoms with Crippen molar-refractivity contribution in [3.63, 3.8) is 0 Å². The fourth-order valence-corrected chi connectivity index (χ4v) is 7.83. The predicted molar refractivity (Wildman–Crippen MR) is 219 cm³/mol. The summed E-state index contributed by atoms with van der Waals surface area (Å²) >= 11 is 0. The van der Waals surface area contributed by atoms with Gasteiger partial charge in [-0.25, -0.2) is 0 Å². The molecule has 51 heavy (non-hydrogen) atoms. The molecule has 245 valence electrons. The maximum atomic E-state index is 3.86. The normalized spacial score (nSPS) is 11.7. The molecule has 0 fully saturated rings. The van der Waals surface area contributed by atoms with Crippen LogP contribution in [0.2, 0.25) is 0 Å². The Kier molecular flexibility index (Phi) is 8.13. The second kappa shape index (κ2) is 13.4. The highest BCUT2D eigenvalue weighted by molar-refractivity contribution is 6.73. The van der Waals surface area contributed by atoms with E-state index < -0.39 is 0 Å². The number of rotatable bonds is 10. The highest BCUT2D eigenvalue weighted by Gasteiger charge is 2.27. The van der Waals surface area contributed by atoms with Crippen LogP contribution in [0.3, 0.4) is 0 Å². The van der Waals surface area contributed by atoms with E-state index in [1.165, 1.54) is 74.4 Å². The third kappa shape index (κ3) is 5.67. The van der Waals surface area contributed by atoms with Gasteiger partial charge in [0.15, 0.2) is 7.28 Å². The minimum atomic E-state index is 1.05. The maximum Gasteiger partial charge on any atom is 0.197 e. The van der Waals surface area contributed by atoms with E-state index in [-0.39, 0.29) is 0 Å². The maximum absolute atomic E-state index is 3.86. The summed E-state index contributed by atoms with van der Waals surface area (Å²) in [5.74, 6) is 0. The first-order valence-corrected chi connectivity index (χ1v) is 18.2. The quantitative estimate of drug-likeness (QED) is 0.117. The van der Waals surface area contributed by atoms with Gasteiger partial charge in [0, 0.05) is 56.0 Å². The number of benzene rings is 7. The van der Waals surface area contributed by atoms with Crippen LogP contribution in [0, 0.1) is 0 Å². The minimum Gasteiger partial charge on any atom is -0.355 e. The summed E-state index contributed by atoms with van der Waals surface area (Å²) in [5, 5.41) is 6.47. The lowest BCUT2D eigenvalue weighted by Gasteiger charge is -2.28. The Hall–Kier alpha value is -6.00. The van der Waals surface area contributed by atoms with Crippen molar-refractivity contribution in [1.29, 1.82) is 0 Å². The Bertz CT molecular complexity index is 2450. The van der Waals surface area contributed by atoms with E-state index in [0.717, 1.165) is 34.9 Å². The zero-order valence-electron chi connectivity index (χ0n) is 28.9. The number of nitrogens with one attached hydrogen (secondary N) is 1. The van der Waals surface area contributed by atoms with E-state index in [0.29, 0.717) is 0 Å². The van der Waals surface area contributed by atoms with E-state index in [9.17, 15) is 0 Å².